The van der Waals surface area contributed by atoms with E-state index in [0.29, 0.717) is 11.8 Å². The fourth-order valence-electron chi connectivity index (χ4n) is 4.66. The van der Waals surface area contributed by atoms with Crippen LogP contribution in [-0.2, 0) is 0 Å². The van der Waals surface area contributed by atoms with Gasteiger partial charge in [-0.2, -0.15) is 0 Å². The minimum absolute atomic E-state index is 0.212. The molecule has 3 nitrogen and oxygen atoms in total. The van der Waals surface area contributed by atoms with Gasteiger partial charge in [-0.1, -0.05) is 31.6 Å². The van der Waals surface area contributed by atoms with E-state index in [9.17, 15) is 9.90 Å². The number of aliphatic hydroxyl groups excluding tert-OH is 1. The van der Waals surface area contributed by atoms with Crippen LogP contribution in [0.1, 0.15) is 72.0 Å². The van der Waals surface area contributed by atoms with Gasteiger partial charge in [-0.15, -0.1) is 11.3 Å². The molecule has 0 amide bonds. The smallest absolute Gasteiger partial charge is 0.160 e. The number of carbonyl (C=O) groups excluding carboxylic acids is 1. The number of hydrogen-bond acceptors (Lipinski definition) is 4. The molecular weight excluding hydrogens is 366 g/mol. The maximum atomic E-state index is 11.8. The lowest BCUT2D eigenvalue weighted by Gasteiger charge is -2.37. The molecule has 0 saturated heterocycles. The molecule has 1 aliphatic heterocycles. The highest BCUT2D eigenvalue weighted by atomic mass is 32.1. The van der Waals surface area contributed by atoms with Crippen LogP contribution >= 0.6 is 11.3 Å². The van der Waals surface area contributed by atoms with Crippen molar-refractivity contribution >= 4 is 23.2 Å². The van der Waals surface area contributed by atoms with Crippen molar-refractivity contribution in [3.05, 3.63) is 27.0 Å². The highest BCUT2D eigenvalue weighted by Crippen LogP contribution is 2.41. The summed E-state index contributed by atoms with van der Waals surface area (Å²) in [6.07, 6.45) is 9.53. The Hall–Kier alpha value is -1.41. The van der Waals surface area contributed by atoms with Crippen molar-refractivity contribution in [1.82, 2.24) is 4.90 Å². The molecule has 2 saturated carbocycles. The summed E-state index contributed by atoms with van der Waals surface area (Å²) in [7, 11) is 0. The molecule has 2 heterocycles. The molecule has 1 N–H and O–H groups in total. The van der Waals surface area contributed by atoms with Crippen molar-refractivity contribution < 1.29 is 9.90 Å². The Morgan fingerprint density at radius 1 is 1.25 bits per heavy atom. The molecule has 0 bridgehead atoms. The van der Waals surface area contributed by atoms with Gasteiger partial charge < -0.3 is 5.11 Å². The Kier molecular flexibility index (Phi) is 6.35. The first kappa shape index (κ1) is 19.9. The third kappa shape index (κ3) is 4.59. The number of aldehydes is 1. The monoisotopic (exact) mass is 397 g/mol. The van der Waals surface area contributed by atoms with E-state index in [1.54, 1.807) is 11.3 Å². The fraction of sp³-hybridized carbons (Fsp3) is 0.625. The molecule has 150 valence electrons. The molecule has 4 rings (SSSR count). The molecule has 0 atom stereocenters. The summed E-state index contributed by atoms with van der Waals surface area (Å²) in [6.45, 7) is 5.20. The first-order valence-electron chi connectivity index (χ1n) is 10.8. The number of thiophene rings is 1. The lowest BCUT2D eigenvalue weighted by Crippen LogP contribution is -2.36. The molecule has 1 aromatic heterocycles. The van der Waals surface area contributed by atoms with E-state index in [4.69, 9.17) is 0 Å². The van der Waals surface area contributed by atoms with Crippen LogP contribution in [-0.4, -0.2) is 42.5 Å². The van der Waals surface area contributed by atoms with Crippen LogP contribution < -0.4 is 0 Å². The van der Waals surface area contributed by atoms with Crippen LogP contribution in [0.3, 0.4) is 0 Å². The lowest BCUT2D eigenvalue weighted by molar-refractivity contribution is 0.112. The Labute approximate surface area is 172 Å². The van der Waals surface area contributed by atoms with E-state index in [2.05, 4.69) is 29.7 Å². The Balaban J connectivity index is 1.67. The van der Waals surface area contributed by atoms with Crippen molar-refractivity contribution in [3.8, 4) is 11.8 Å². The third-order valence-corrected chi connectivity index (χ3v) is 7.53. The van der Waals surface area contributed by atoms with E-state index < -0.39 is 0 Å². The van der Waals surface area contributed by atoms with Crippen LogP contribution in [0.15, 0.2) is 11.6 Å². The number of rotatable bonds is 5. The van der Waals surface area contributed by atoms with Crippen LogP contribution in [0.4, 0.5) is 0 Å². The fourth-order valence-corrected chi connectivity index (χ4v) is 5.52. The van der Waals surface area contributed by atoms with Gasteiger partial charge in [0.25, 0.3) is 0 Å². The van der Waals surface area contributed by atoms with Crippen LogP contribution in [0.2, 0.25) is 0 Å². The summed E-state index contributed by atoms with van der Waals surface area (Å²) < 4.78 is 0. The third-order valence-electron chi connectivity index (χ3n) is 6.55. The quantitative estimate of drug-likeness (QED) is 0.583. The maximum absolute atomic E-state index is 11.8. The summed E-state index contributed by atoms with van der Waals surface area (Å²) in [5.41, 5.74) is 4.05. The second kappa shape index (κ2) is 8.95. The van der Waals surface area contributed by atoms with Crippen LogP contribution in [0, 0.1) is 29.6 Å². The highest BCUT2D eigenvalue weighted by molar-refractivity contribution is 7.14. The van der Waals surface area contributed by atoms with Gasteiger partial charge in [0.2, 0.25) is 0 Å². The first-order chi connectivity index (χ1) is 13.7. The Bertz CT molecular complexity index is 800. The van der Waals surface area contributed by atoms with Crippen molar-refractivity contribution in [2.45, 2.75) is 51.9 Å². The van der Waals surface area contributed by atoms with Gasteiger partial charge >= 0.3 is 0 Å². The Morgan fingerprint density at radius 2 is 2.04 bits per heavy atom. The summed E-state index contributed by atoms with van der Waals surface area (Å²) in [4.78, 5) is 16.1. The normalized spacial score (nSPS) is 26.1. The number of carbonyl (C=O) groups is 1. The molecule has 3 aliphatic rings. The number of hydrogen-bond donors (Lipinski definition) is 1. The maximum Gasteiger partial charge on any atom is 0.160 e. The van der Waals surface area contributed by atoms with Crippen LogP contribution in [0.25, 0.3) is 5.57 Å². The average molecular weight is 398 g/mol. The molecule has 4 heteroatoms. The van der Waals surface area contributed by atoms with E-state index >= 15 is 0 Å². The second-order valence-corrected chi connectivity index (χ2v) is 9.84. The minimum atomic E-state index is 0.212. The standard InChI is InChI=1S/C24H31NO2S/c1-17-2-7-19(8-3-17)23-15-25(12-13-26)11-10-21(23)22-14-20(28-24(22)16-27)9-6-18-4-5-18/h14,16-19,26H,2-5,7-8,10-13,15H2,1H3. The summed E-state index contributed by atoms with van der Waals surface area (Å²) in [6, 6.07) is 2.17. The van der Waals surface area contributed by atoms with Gasteiger partial charge in [-0.05, 0) is 61.2 Å². The minimum Gasteiger partial charge on any atom is -0.395 e. The largest absolute Gasteiger partial charge is 0.395 e. The molecule has 0 radical (unpaired) electrons. The topological polar surface area (TPSA) is 40.5 Å². The van der Waals surface area contributed by atoms with E-state index in [1.807, 2.05) is 0 Å². The van der Waals surface area contributed by atoms with Gasteiger partial charge in [0.15, 0.2) is 6.29 Å². The van der Waals surface area contributed by atoms with Gasteiger partial charge in [0.05, 0.1) is 16.4 Å². The van der Waals surface area contributed by atoms with E-state index in [1.165, 1.54) is 49.7 Å². The zero-order valence-corrected chi connectivity index (χ0v) is 17.7. The second-order valence-electron chi connectivity index (χ2n) is 8.76. The van der Waals surface area contributed by atoms with Gasteiger partial charge in [-0.3, -0.25) is 9.69 Å². The predicted molar refractivity (Wildman–Crippen MR) is 115 cm³/mol. The van der Waals surface area contributed by atoms with Gasteiger partial charge in [-0.25, -0.2) is 0 Å². The summed E-state index contributed by atoms with van der Waals surface area (Å²) in [5, 5.41) is 9.41. The van der Waals surface area contributed by atoms with Crippen molar-refractivity contribution in [2.24, 2.45) is 17.8 Å². The molecule has 0 unspecified atom stereocenters. The zero-order valence-electron chi connectivity index (χ0n) is 16.9. The lowest BCUT2D eigenvalue weighted by atomic mass is 9.75. The summed E-state index contributed by atoms with van der Waals surface area (Å²) >= 11 is 1.55. The molecule has 28 heavy (non-hydrogen) atoms. The zero-order chi connectivity index (χ0) is 19.5. The number of β-amino-alcohol motifs (C(OH)–C–C–N with tert-alkyl or cyclic N) is 1. The summed E-state index contributed by atoms with van der Waals surface area (Å²) in [5.74, 6) is 8.67. The SMILES string of the molecule is CC1CCC(C2=C(c3cc(C#CC4CC4)sc3C=O)CCN(CCO)C2)CC1. The van der Waals surface area contributed by atoms with Crippen molar-refractivity contribution in [2.75, 3.05) is 26.2 Å². The van der Waals surface area contributed by atoms with Gasteiger partial charge in [0.1, 0.15) is 0 Å². The van der Waals surface area contributed by atoms with E-state index in [-0.39, 0.29) is 6.61 Å². The van der Waals surface area contributed by atoms with Crippen molar-refractivity contribution in [3.63, 3.8) is 0 Å². The van der Waals surface area contributed by atoms with E-state index in [0.717, 1.165) is 53.6 Å². The predicted octanol–water partition coefficient (Wildman–Crippen LogP) is 4.60. The highest BCUT2D eigenvalue weighted by Gasteiger charge is 2.29. The molecule has 2 aliphatic carbocycles. The van der Waals surface area contributed by atoms with Crippen molar-refractivity contribution in [1.29, 1.82) is 0 Å². The van der Waals surface area contributed by atoms with Gasteiger partial charge in [0, 0.05) is 31.1 Å². The van der Waals surface area contributed by atoms with Crippen LogP contribution in [0.5, 0.6) is 0 Å². The molecule has 0 aromatic carbocycles. The molecule has 2 fully saturated rings. The molecular formula is C24H31NO2S. The number of aliphatic hydroxyl groups is 1. The first-order valence-corrected chi connectivity index (χ1v) is 11.7. The average Bonchev–Trinajstić information content (AvgIpc) is 3.45. The Morgan fingerprint density at radius 3 is 2.71 bits per heavy atom. The molecule has 1 aromatic rings. The molecule has 0 spiro atoms. The number of nitrogens with zero attached hydrogens (tertiary/aromatic N) is 1.